The van der Waals surface area contributed by atoms with E-state index in [9.17, 15) is 0 Å². The first-order valence-corrected chi connectivity index (χ1v) is 8.96. The Morgan fingerprint density at radius 3 is 2.61 bits per heavy atom. The summed E-state index contributed by atoms with van der Waals surface area (Å²) in [5.74, 6) is 1.73. The second-order valence-electron chi connectivity index (χ2n) is 6.27. The minimum atomic E-state index is 0.376. The van der Waals surface area contributed by atoms with Crippen LogP contribution in [0.2, 0.25) is 0 Å². The van der Waals surface area contributed by atoms with Gasteiger partial charge >= 0.3 is 0 Å². The number of nitrogens with two attached hydrogens (primary N) is 1. The van der Waals surface area contributed by atoms with E-state index in [0.29, 0.717) is 30.5 Å². The van der Waals surface area contributed by atoms with Crippen molar-refractivity contribution in [2.24, 2.45) is 10.7 Å². The van der Waals surface area contributed by atoms with Gasteiger partial charge in [0, 0.05) is 12.7 Å². The zero-order valence-electron chi connectivity index (χ0n) is 16.3. The van der Waals surface area contributed by atoms with Crippen LogP contribution < -0.4 is 20.5 Å². The predicted molar refractivity (Wildman–Crippen MR) is 110 cm³/mol. The van der Waals surface area contributed by atoms with Gasteiger partial charge in [0.25, 0.3) is 0 Å². The van der Waals surface area contributed by atoms with Crippen LogP contribution in [0.15, 0.2) is 59.7 Å². The van der Waals surface area contributed by atoms with Gasteiger partial charge in [-0.1, -0.05) is 24.3 Å². The lowest BCUT2D eigenvalue weighted by Crippen LogP contribution is -2.31. The lowest BCUT2D eigenvalue weighted by molar-refractivity contribution is 0.354. The molecule has 0 saturated heterocycles. The molecule has 0 aliphatic carbocycles. The quantitative estimate of drug-likeness (QED) is 0.487. The normalized spacial score (nSPS) is 11.3. The van der Waals surface area contributed by atoms with E-state index in [4.69, 9.17) is 15.2 Å². The molecule has 0 amide bonds. The van der Waals surface area contributed by atoms with Gasteiger partial charge in [-0.2, -0.15) is 5.10 Å². The lowest BCUT2D eigenvalue weighted by Gasteiger charge is -2.11. The van der Waals surface area contributed by atoms with Crippen LogP contribution >= 0.6 is 0 Å². The number of nitrogens with one attached hydrogen (secondary N) is 1. The molecule has 3 aromatic rings. The predicted octanol–water partition coefficient (Wildman–Crippen LogP) is 2.80. The fourth-order valence-electron chi connectivity index (χ4n) is 2.83. The molecule has 0 fully saturated rings. The van der Waals surface area contributed by atoms with Gasteiger partial charge in [-0.05, 0) is 42.3 Å². The summed E-state index contributed by atoms with van der Waals surface area (Å²) in [4.78, 5) is 4.41. The van der Waals surface area contributed by atoms with Crippen molar-refractivity contribution in [3.63, 3.8) is 0 Å². The molecule has 0 spiro atoms. The molecule has 0 saturated carbocycles. The minimum absolute atomic E-state index is 0.376. The van der Waals surface area contributed by atoms with Gasteiger partial charge in [-0.3, -0.25) is 0 Å². The molecular weight excluding hydrogens is 354 g/mol. The monoisotopic (exact) mass is 379 g/mol. The third kappa shape index (κ3) is 4.62. The van der Waals surface area contributed by atoms with Crippen molar-refractivity contribution in [2.75, 3.05) is 14.2 Å². The first kappa shape index (κ1) is 19.3. The Bertz CT molecular complexity index is 965. The van der Waals surface area contributed by atoms with Crippen LogP contribution in [0.5, 0.6) is 11.5 Å². The Morgan fingerprint density at radius 2 is 1.89 bits per heavy atom. The van der Waals surface area contributed by atoms with Crippen molar-refractivity contribution in [2.45, 2.75) is 20.0 Å². The summed E-state index contributed by atoms with van der Waals surface area (Å²) < 4.78 is 12.4. The Hall–Kier alpha value is -3.48. The van der Waals surface area contributed by atoms with E-state index in [1.54, 1.807) is 14.2 Å². The van der Waals surface area contributed by atoms with Gasteiger partial charge in [0.15, 0.2) is 17.5 Å². The van der Waals surface area contributed by atoms with Crippen LogP contribution in [0.1, 0.15) is 16.8 Å². The molecule has 0 atom stereocenters. The van der Waals surface area contributed by atoms with E-state index in [2.05, 4.69) is 15.4 Å². The molecule has 7 nitrogen and oxygen atoms in total. The molecule has 0 aliphatic rings. The zero-order chi connectivity index (χ0) is 19.9. The molecule has 0 radical (unpaired) electrons. The van der Waals surface area contributed by atoms with Gasteiger partial charge < -0.3 is 20.5 Å². The number of benzene rings is 2. The largest absolute Gasteiger partial charge is 0.493 e. The molecule has 1 aromatic heterocycles. The van der Waals surface area contributed by atoms with E-state index < -0.39 is 0 Å². The molecule has 146 valence electrons. The SMILES string of the molecule is COc1ccc(CN=C(N)NCc2ccccc2-n2ccc(C)n2)cc1OC. The maximum absolute atomic E-state index is 6.05. The average Bonchev–Trinajstić information content (AvgIpc) is 3.16. The van der Waals surface area contributed by atoms with Crippen molar-refractivity contribution >= 4 is 5.96 Å². The van der Waals surface area contributed by atoms with E-state index >= 15 is 0 Å². The van der Waals surface area contributed by atoms with Gasteiger partial charge in [0.1, 0.15) is 0 Å². The second-order valence-corrected chi connectivity index (χ2v) is 6.27. The maximum Gasteiger partial charge on any atom is 0.189 e. The maximum atomic E-state index is 6.05. The van der Waals surface area contributed by atoms with Crippen LogP contribution in [0.4, 0.5) is 0 Å². The highest BCUT2D eigenvalue weighted by Crippen LogP contribution is 2.27. The summed E-state index contributed by atoms with van der Waals surface area (Å²) in [6, 6.07) is 15.7. The molecule has 3 rings (SSSR count). The van der Waals surface area contributed by atoms with Crippen LogP contribution in [0.3, 0.4) is 0 Å². The first-order valence-electron chi connectivity index (χ1n) is 8.96. The van der Waals surface area contributed by atoms with Crippen molar-refractivity contribution < 1.29 is 9.47 Å². The van der Waals surface area contributed by atoms with E-state index in [-0.39, 0.29) is 0 Å². The molecule has 2 aromatic carbocycles. The number of nitrogens with zero attached hydrogens (tertiary/aromatic N) is 3. The molecule has 28 heavy (non-hydrogen) atoms. The molecule has 0 aliphatic heterocycles. The topological polar surface area (TPSA) is 86.7 Å². The first-order chi connectivity index (χ1) is 13.6. The zero-order valence-corrected chi connectivity index (χ0v) is 16.3. The van der Waals surface area contributed by atoms with Crippen molar-refractivity contribution in [3.8, 4) is 17.2 Å². The number of aryl methyl sites for hydroxylation is 1. The van der Waals surface area contributed by atoms with Crippen molar-refractivity contribution in [1.82, 2.24) is 15.1 Å². The standard InChI is InChI=1S/C21H25N5O2/c1-15-10-11-26(25-15)18-7-5-4-6-17(18)14-24-21(22)23-13-16-8-9-19(27-2)20(12-16)28-3/h4-12H,13-14H2,1-3H3,(H3,22,23,24). The van der Waals surface area contributed by atoms with Crippen LogP contribution in [-0.2, 0) is 13.1 Å². The summed E-state index contributed by atoms with van der Waals surface area (Å²) >= 11 is 0. The summed E-state index contributed by atoms with van der Waals surface area (Å²) in [6.07, 6.45) is 1.95. The summed E-state index contributed by atoms with van der Waals surface area (Å²) in [7, 11) is 3.22. The van der Waals surface area contributed by atoms with Gasteiger partial charge in [0.2, 0.25) is 0 Å². The van der Waals surface area contributed by atoms with Crippen molar-refractivity contribution in [1.29, 1.82) is 0 Å². The van der Waals surface area contributed by atoms with Crippen LogP contribution in [0.25, 0.3) is 5.69 Å². The highest BCUT2D eigenvalue weighted by Gasteiger charge is 2.06. The molecule has 1 heterocycles. The van der Waals surface area contributed by atoms with E-state index in [1.165, 1.54) is 0 Å². The number of guanidine groups is 1. The highest BCUT2D eigenvalue weighted by atomic mass is 16.5. The van der Waals surface area contributed by atoms with Crippen LogP contribution in [0, 0.1) is 6.92 Å². The van der Waals surface area contributed by atoms with Crippen LogP contribution in [-0.4, -0.2) is 30.0 Å². The lowest BCUT2D eigenvalue weighted by atomic mass is 10.2. The molecule has 0 bridgehead atoms. The summed E-state index contributed by atoms with van der Waals surface area (Å²) in [6.45, 7) is 2.96. The fourth-order valence-corrected chi connectivity index (χ4v) is 2.83. The number of methoxy groups -OCH3 is 2. The fraction of sp³-hybridized carbons (Fsp3) is 0.238. The van der Waals surface area contributed by atoms with Gasteiger partial charge in [-0.25, -0.2) is 9.67 Å². The number of hydrogen-bond donors (Lipinski definition) is 2. The summed E-state index contributed by atoms with van der Waals surface area (Å²) in [5.41, 5.74) is 10.1. The number of aliphatic imine (C=N–C) groups is 1. The Morgan fingerprint density at radius 1 is 1.11 bits per heavy atom. The second kappa shape index (κ2) is 8.94. The van der Waals surface area contributed by atoms with E-state index in [1.807, 2.05) is 66.3 Å². The van der Waals surface area contributed by atoms with Gasteiger partial charge in [-0.15, -0.1) is 0 Å². The third-order valence-corrected chi connectivity index (χ3v) is 4.30. The highest BCUT2D eigenvalue weighted by molar-refractivity contribution is 5.77. The van der Waals surface area contributed by atoms with E-state index in [0.717, 1.165) is 22.5 Å². The Labute approximate surface area is 164 Å². The molecule has 7 heteroatoms. The smallest absolute Gasteiger partial charge is 0.189 e. The summed E-state index contributed by atoms with van der Waals surface area (Å²) in [5, 5.41) is 7.65. The number of hydrogen-bond acceptors (Lipinski definition) is 4. The van der Waals surface area contributed by atoms with Gasteiger partial charge in [0.05, 0.1) is 32.1 Å². The van der Waals surface area contributed by atoms with Crippen molar-refractivity contribution in [3.05, 3.63) is 71.5 Å². The molecule has 0 unspecified atom stereocenters. The molecular formula is C21H25N5O2. The Kier molecular flexibility index (Phi) is 6.16. The number of aromatic nitrogens is 2. The Balaban J connectivity index is 1.65. The minimum Gasteiger partial charge on any atom is -0.493 e. The average molecular weight is 379 g/mol. The number of para-hydroxylation sites is 1. The number of ether oxygens (including phenoxy) is 2. The third-order valence-electron chi connectivity index (χ3n) is 4.30. The molecule has 3 N–H and O–H groups in total. The number of rotatable bonds is 7.